The summed E-state index contributed by atoms with van der Waals surface area (Å²) in [6.07, 6.45) is 4.02. The number of quaternary nitrogens is 1. The molecule has 1 aliphatic rings. The molecule has 0 spiro atoms. The molecule has 1 heterocycles. The Hall–Kier alpha value is -2.20. The first-order valence-corrected chi connectivity index (χ1v) is 9.27. The summed E-state index contributed by atoms with van der Waals surface area (Å²) >= 11 is 0. The van der Waals surface area contributed by atoms with E-state index in [1.165, 1.54) is 43.6 Å². The fourth-order valence-electron chi connectivity index (χ4n) is 3.20. The van der Waals surface area contributed by atoms with Crippen LogP contribution in [0, 0.1) is 0 Å². The highest BCUT2D eigenvalue weighted by atomic mass is 16.5. The monoisotopic (exact) mass is 341 g/mol. The zero-order chi connectivity index (χ0) is 17.3. The maximum Gasteiger partial charge on any atom is 0.137 e. The normalized spacial score (nSPS) is 14.4. The summed E-state index contributed by atoms with van der Waals surface area (Å²) in [6.45, 7) is 5.05. The van der Waals surface area contributed by atoms with Gasteiger partial charge in [0.2, 0.25) is 0 Å². The highest BCUT2D eigenvalue weighted by Gasteiger charge is 2.10. The van der Waals surface area contributed by atoms with Gasteiger partial charge >= 0.3 is 0 Å². The molecule has 0 bridgehead atoms. The fourth-order valence-corrected chi connectivity index (χ4v) is 3.20. The van der Waals surface area contributed by atoms with Gasteiger partial charge in [0.15, 0.2) is 0 Å². The van der Waals surface area contributed by atoms with Crippen molar-refractivity contribution in [3.05, 3.63) is 54.1 Å². The zero-order valence-corrected chi connectivity index (χ0v) is 15.1. The van der Waals surface area contributed by atoms with Crippen LogP contribution in [0.3, 0.4) is 0 Å². The lowest BCUT2D eigenvalue weighted by atomic mass is 10.1. The van der Waals surface area contributed by atoms with Gasteiger partial charge < -0.3 is 19.7 Å². The number of rotatable bonds is 8. The number of ether oxygens (including phenoxy) is 2. The van der Waals surface area contributed by atoms with E-state index in [1.807, 2.05) is 24.3 Å². The Morgan fingerprint density at radius 1 is 0.880 bits per heavy atom. The van der Waals surface area contributed by atoms with Crippen LogP contribution in [0.5, 0.6) is 11.5 Å². The van der Waals surface area contributed by atoms with E-state index in [4.69, 9.17) is 9.47 Å². The predicted octanol–water partition coefficient (Wildman–Crippen LogP) is 2.83. The summed E-state index contributed by atoms with van der Waals surface area (Å²) in [6, 6.07) is 16.8. The number of piperidine rings is 1. The van der Waals surface area contributed by atoms with E-state index in [-0.39, 0.29) is 0 Å². The largest absolute Gasteiger partial charge is 0.497 e. The van der Waals surface area contributed by atoms with Gasteiger partial charge in [-0.25, -0.2) is 0 Å². The van der Waals surface area contributed by atoms with Gasteiger partial charge in [0, 0.05) is 24.3 Å². The van der Waals surface area contributed by atoms with Crippen LogP contribution in [0.4, 0.5) is 5.69 Å². The summed E-state index contributed by atoms with van der Waals surface area (Å²) in [5.74, 6) is 1.74. The van der Waals surface area contributed by atoms with Gasteiger partial charge in [-0.3, -0.25) is 0 Å². The second kappa shape index (κ2) is 9.33. The second-order valence-corrected chi connectivity index (χ2v) is 6.52. The minimum absolute atomic E-state index is 0.707. The van der Waals surface area contributed by atoms with Crippen LogP contribution < -0.4 is 19.7 Å². The molecule has 0 radical (unpaired) electrons. The van der Waals surface area contributed by atoms with Crippen LogP contribution in [0.2, 0.25) is 0 Å². The Morgan fingerprint density at radius 3 is 2.24 bits per heavy atom. The Labute approximate surface area is 150 Å². The van der Waals surface area contributed by atoms with Crippen molar-refractivity contribution in [2.24, 2.45) is 0 Å². The first-order chi connectivity index (χ1) is 12.3. The van der Waals surface area contributed by atoms with Gasteiger partial charge in [-0.05, 0) is 55.7 Å². The molecule has 25 heavy (non-hydrogen) atoms. The minimum Gasteiger partial charge on any atom is -0.497 e. The van der Waals surface area contributed by atoms with E-state index in [2.05, 4.69) is 34.5 Å². The molecular formula is C21H29N2O2+. The van der Waals surface area contributed by atoms with Crippen molar-refractivity contribution in [2.45, 2.75) is 25.8 Å². The van der Waals surface area contributed by atoms with Crippen LogP contribution in [-0.2, 0) is 6.54 Å². The van der Waals surface area contributed by atoms with Crippen LogP contribution >= 0.6 is 0 Å². The topological polar surface area (TPSA) is 38.3 Å². The first kappa shape index (κ1) is 17.6. The number of methoxy groups -OCH3 is 1. The van der Waals surface area contributed by atoms with Crippen molar-refractivity contribution in [1.29, 1.82) is 0 Å². The summed E-state index contributed by atoms with van der Waals surface area (Å²) < 4.78 is 10.9. The van der Waals surface area contributed by atoms with Gasteiger partial charge in [0.1, 0.15) is 31.2 Å². The fraction of sp³-hybridized carbons (Fsp3) is 0.429. The van der Waals surface area contributed by atoms with Crippen LogP contribution in [0.15, 0.2) is 48.5 Å². The zero-order valence-electron chi connectivity index (χ0n) is 15.1. The lowest BCUT2D eigenvalue weighted by Crippen LogP contribution is -2.83. The Bertz CT molecular complexity index is 619. The highest BCUT2D eigenvalue weighted by molar-refractivity contribution is 5.47. The number of anilines is 1. The maximum absolute atomic E-state index is 5.75. The summed E-state index contributed by atoms with van der Waals surface area (Å²) in [5, 5.41) is 2.29. The quantitative estimate of drug-likeness (QED) is 0.751. The van der Waals surface area contributed by atoms with Crippen molar-refractivity contribution in [3.63, 3.8) is 0 Å². The van der Waals surface area contributed by atoms with E-state index in [1.54, 1.807) is 7.11 Å². The first-order valence-electron chi connectivity index (χ1n) is 9.27. The molecule has 0 unspecified atom stereocenters. The summed E-state index contributed by atoms with van der Waals surface area (Å²) in [5.41, 5.74) is 2.73. The Kier molecular flexibility index (Phi) is 6.57. The van der Waals surface area contributed by atoms with Crippen molar-refractivity contribution < 1.29 is 14.8 Å². The van der Waals surface area contributed by atoms with E-state index in [0.29, 0.717) is 6.61 Å². The third-order valence-electron chi connectivity index (χ3n) is 4.69. The molecule has 0 saturated carbocycles. The Balaban J connectivity index is 1.35. The lowest BCUT2D eigenvalue weighted by molar-refractivity contribution is -0.671. The number of nitrogens with zero attached hydrogens (tertiary/aromatic N) is 1. The van der Waals surface area contributed by atoms with Crippen LogP contribution in [0.1, 0.15) is 24.8 Å². The molecule has 1 aliphatic heterocycles. The van der Waals surface area contributed by atoms with E-state index < -0.39 is 0 Å². The predicted molar refractivity (Wildman–Crippen MR) is 101 cm³/mol. The van der Waals surface area contributed by atoms with Gasteiger partial charge in [-0.1, -0.05) is 12.1 Å². The molecular weight excluding hydrogens is 312 g/mol. The smallest absolute Gasteiger partial charge is 0.137 e. The van der Waals surface area contributed by atoms with E-state index >= 15 is 0 Å². The standard InChI is InChI=1S/C21H28N2O2/c1-24-20-9-11-21(12-10-20)25-16-13-22-17-18-5-7-19(8-6-18)23-14-3-2-4-15-23/h5-12,22H,2-4,13-17H2,1H3/p+1. The third kappa shape index (κ3) is 5.40. The van der Waals surface area contributed by atoms with E-state index in [9.17, 15) is 0 Å². The molecule has 2 aromatic carbocycles. The van der Waals surface area contributed by atoms with Crippen molar-refractivity contribution in [2.75, 3.05) is 38.3 Å². The Morgan fingerprint density at radius 2 is 1.56 bits per heavy atom. The van der Waals surface area contributed by atoms with Gasteiger partial charge in [0.25, 0.3) is 0 Å². The van der Waals surface area contributed by atoms with Crippen LogP contribution in [-0.4, -0.2) is 33.4 Å². The number of hydrogen-bond donors (Lipinski definition) is 1. The summed E-state index contributed by atoms with van der Waals surface area (Å²) in [7, 11) is 1.67. The minimum atomic E-state index is 0.707. The summed E-state index contributed by atoms with van der Waals surface area (Å²) in [4.78, 5) is 2.50. The molecule has 1 fully saturated rings. The van der Waals surface area contributed by atoms with Crippen molar-refractivity contribution >= 4 is 5.69 Å². The molecule has 0 aromatic heterocycles. The molecule has 1 saturated heterocycles. The van der Waals surface area contributed by atoms with Crippen molar-refractivity contribution in [3.8, 4) is 11.5 Å². The van der Waals surface area contributed by atoms with Gasteiger partial charge in [0.05, 0.1) is 7.11 Å². The molecule has 0 atom stereocenters. The lowest BCUT2D eigenvalue weighted by Gasteiger charge is -2.28. The van der Waals surface area contributed by atoms with Gasteiger partial charge in [-0.2, -0.15) is 0 Å². The third-order valence-corrected chi connectivity index (χ3v) is 4.69. The molecule has 4 nitrogen and oxygen atoms in total. The number of benzene rings is 2. The average molecular weight is 341 g/mol. The average Bonchev–Trinajstić information content (AvgIpc) is 2.69. The molecule has 3 rings (SSSR count). The number of hydrogen-bond acceptors (Lipinski definition) is 3. The molecule has 0 aliphatic carbocycles. The second-order valence-electron chi connectivity index (χ2n) is 6.52. The van der Waals surface area contributed by atoms with Crippen LogP contribution in [0.25, 0.3) is 0 Å². The molecule has 2 aromatic rings. The molecule has 2 N–H and O–H groups in total. The van der Waals surface area contributed by atoms with Crippen molar-refractivity contribution in [1.82, 2.24) is 0 Å². The SMILES string of the molecule is COc1ccc(OCC[NH2+]Cc2ccc(N3CCCCC3)cc2)cc1. The highest BCUT2D eigenvalue weighted by Crippen LogP contribution is 2.20. The molecule has 0 amide bonds. The van der Waals surface area contributed by atoms with Gasteiger partial charge in [-0.15, -0.1) is 0 Å². The number of nitrogens with two attached hydrogens (primary N) is 1. The maximum atomic E-state index is 5.75. The molecule has 134 valence electrons. The molecule has 4 heteroatoms. The van der Waals surface area contributed by atoms with E-state index in [0.717, 1.165) is 24.6 Å².